The van der Waals surface area contributed by atoms with Crippen molar-refractivity contribution in [2.75, 3.05) is 5.43 Å². The Labute approximate surface area is 118 Å². The summed E-state index contributed by atoms with van der Waals surface area (Å²) < 4.78 is 5.85. The fourth-order valence-electron chi connectivity index (χ4n) is 2.04. The maximum Gasteiger partial charge on any atom is 0.140 e. The van der Waals surface area contributed by atoms with Crippen molar-refractivity contribution < 1.29 is 4.74 Å². The number of anilines is 1. The topological polar surface area (TPSA) is 84.0 Å². The Bertz CT molecular complexity index is 638. The van der Waals surface area contributed by atoms with Crippen molar-refractivity contribution in [1.82, 2.24) is 4.98 Å². The molecule has 1 aromatic carbocycles. The molecular weight excluding hydrogens is 252 g/mol. The third kappa shape index (κ3) is 3.05. The molecular formula is C15H16N4O. The number of benzene rings is 1. The van der Waals surface area contributed by atoms with Gasteiger partial charge in [-0.3, -0.25) is 0 Å². The number of nitrogens with two attached hydrogens (primary N) is 1. The molecule has 20 heavy (non-hydrogen) atoms. The molecule has 5 nitrogen and oxygen atoms in total. The number of nitriles is 1. The van der Waals surface area contributed by atoms with Gasteiger partial charge in [-0.2, -0.15) is 5.26 Å². The zero-order valence-corrected chi connectivity index (χ0v) is 11.5. The van der Waals surface area contributed by atoms with E-state index >= 15 is 0 Å². The van der Waals surface area contributed by atoms with Crippen molar-refractivity contribution in [3.8, 4) is 11.8 Å². The van der Waals surface area contributed by atoms with Gasteiger partial charge >= 0.3 is 0 Å². The smallest absolute Gasteiger partial charge is 0.140 e. The van der Waals surface area contributed by atoms with E-state index in [0.717, 1.165) is 22.4 Å². The van der Waals surface area contributed by atoms with Gasteiger partial charge in [-0.1, -0.05) is 0 Å². The zero-order valence-electron chi connectivity index (χ0n) is 11.5. The van der Waals surface area contributed by atoms with Crippen LogP contribution in [0.3, 0.4) is 0 Å². The molecule has 0 aliphatic heterocycles. The van der Waals surface area contributed by atoms with Gasteiger partial charge in [0.15, 0.2) is 0 Å². The number of hydrazine groups is 1. The fourth-order valence-corrected chi connectivity index (χ4v) is 2.04. The Balaban J connectivity index is 2.17. The Hall–Kier alpha value is -2.58. The first kappa shape index (κ1) is 13.8. The lowest BCUT2D eigenvalue weighted by Gasteiger charge is -2.13. The van der Waals surface area contributed by atoms with E-state index < -0.39 is 0 Å². The van der Waals surface area contributed by atoms with Crippen LogP contribution in [-0.4, -0.2) is 4.98 Å². The molecule has 0 aliphatic carbocycles. The lowest BCUT2D eigenvalue weighted by atomic mass is 10.1. The molecule has 0 fully saturated rings. The highest BCUT2D eigenvalue weighted by molar-refractivity contribution is 5.47. The van der Waals surface area contributed by atoms with Gasteiger partial charge in [0.1, 0.15) is 18.2 Å². The number of aromatic nitrogens is 1. The molecule has 0 atom stereocenters. The molecule has 0 bridgehead atoms. The standard InChI is InChI=1S/C15H16N4O/c1-10-5-13(8-16)6-11(2)15(10)20-9-12-3-4-18-14(7-12)19-17/h3-7H,9,17H2,1-2H3,(H,18,19). The van der Waals surface area contributed by atoms with Crippen LogP contribution in [0.5, 0.6) is 5.75 Å². The summed E-state index contributed by atoms with van der Waals surface area (Å²) in [5.41, 5.74) is 6.02. The highest BCUT2D eigenvalue weighted by Gasteiger charge is 2.07. The predicted octanol–water partition coefficient (Wildman–Crippen LogP) is 2.43. The second kappa shape index (κ2) is 6.04. The summed E-state index contributed by atoms with van der Waals surface area (Å²) in [6.45, 7) is 4.29. The summed E-state index contributed by atoms with van der Waals surface area (Å²) in [6, 6.07) is 9.48. The molecule has 102 valence electrons. The van der Waals surface area contributed by atoms with Crippen LogP contribution in [0.1, 0.15) is 22.3 Å². The molecule has 0 unspecified atom stereocenters. The summed E-state index contributed by atoms with van der Waals surface area (Å²) in [5, 5.41) is 8.93. The number of pyridine rings is 1. The van der Waals surface area contributed by atoms with Gasteiger partial charge in [0.05, 0.1) is 11.6 Å². The third-order valence-electron chi connectivity index (χ3n) is 2.94. The van der Waals surface area contributed by atoms with Crippen LogP contribution in [0, 0.1) is 25.2 Å². The SMILES string of the molecule is Cc1cc(C#N)cc(C)c1OCc1ccnc(NN)c1. The maximum absolute atomic E-state index is 8.93. The molecule has 2 rings (SSSR count). The van der Waals surface area contributed by atoms with Crippen LogP contribution >= 0.6 is 0 Å². The summed E-state index contributed by atoms with van der Waals surface area (Å²) in [6.07, 6.45) is 1.67. The molecule has 0 amide bonds. The first-order chi connectivity index (χ1) is 9.63. The lowest BCUT2D eigenvalue weighted by molar-refractivity contribution is 0.302. The number of ether oxygens (including phenoxy) is 1. The van der Waals surface area contributed by atoms with E-state index in [2.05, 4.69) is 16.5 Å². The third-order valence-corrected chi connectivity index (χ3v) is 2.94. The Morgan fingerprint density at radius 3 is 2.60 bits per heavy atom. The normalized spacial score (nSPS) is 9.90. The molecule has 0 saturated heterocycles. The molecule has 0 aliphatic rings. The number of rotatable bonds is 4. The van der Waals surface area contributed by atoms with Crippen LogP contribution < -0.4 is 16.0 Å². The second-order valence-corrected chi connectivity index (χ2v) is 4.53. The molecule has 3 N–H and O–H groups in total. The highest BCUT2D eigenvalue weighted by atomic mass is 16.5. The molecule has 1 aromatic heterocycles. The minimum Gasteiger partial charge on any atom is -0.488 e. The number of hydrogen-bond acceptors (Lipinski definition) is 5. The Kier molecular flexibility index (Phi) is 4.18. The van der Waals surface area contributed by atoms with Crippen LogP contribution in [-0.2, 0) is 6.61 Å². The number of nitrogen functional groups attached to an aromatic ring is 1. The van der Waals surface area contributed by atoms with Crippen molar-refractivity contribution in [3.05, 3.63) is 52.7 Å². The van der Waals surface area contributed by atoms with Crippen LogP contribution in [0.25, 0.3) is 0 Å². The van der Waals surface area contributed by atoms with Crippen molar-refractivity contribution >= 4 is 5.82 Å². The first-order valence-corrected chi connectivity index (χ1v) is 6.19. The van der Waals surface area contributed by atoms with E-state index in [1.807, 2.05) is 38.1 Å². The molecule has 2 aromatic rings. The summed E-state index contributed by atoms with van der Waals surface area (Å²) in [5.74, 6) is 6.73. The van der Waals surface area contributed by atoms with Crippen LogP contribution in [0.15, 0.2) is 30.5 Å². The van der Waals surface area contributed by atoms with E-state index in [0.29, 0.717) is 18.0 Å². The largest absolute Gasteiger partial charge is 0.488 e. The van der Waals surface area contributed by atoms with E-state index in [-0.39, 0.29) is 0 Å². The van der Waals surface area contributed by atoms with Gasteiger partial charge < -0.3 is 10.2 Å². The van der Waals surface area contributed by atoms with E-state index in [4.69, 9.17) is 15.8 Å². The minimum atomic E-state index is 0.421. The van der Waals surface area contributed by atoms with Crippen molar-refractivity contribution in [2.45, 2.75) is 20.5 Å². The van der Waals surface area contributed by atoms with Gasteiger partial charge in [-0.25, -0.2) is 10.8 Å². The van der Waals surface area contributed by atoms with E-state index in [1.54, 1.807) is 6.20 Å². The maximum atomic E-state index is 8.93. The van der Waals surface area contributed by atoms with Gasteiger partial charge in [0.2, 0.25) is 0 Å². The highest BCUT2D eigenvalue weighted by Crippen LogP contribution is 2.25. The number of hydrogen-bond donors (Lipinski definition) is 2. The predicted molar refractivity (Wildman–Crippen MR) is 77.0 cm³/mol. The quantitative estimate of drug-likeness (QED) is 0.657. The molecule has 0 radical (unpaired) electrons. The number of nitrogens with zero attached hydrogens (tertiary/aromatic N) is 2. The Morgan fingerprint density at radius 1 is 1.30 bits per heavy atom. The van der Waals surface area contributed by atoms with Crippen molar-refractivity contribution in [2.24, 2.45) is 5.84 Å². The molecule has 0 saturated carbocycles. The molecule has 5 heteroatoms. The summed E-state index contributed by atoms with van der Waals surface area (Å²) in [7, 11) is 0. The first-order valence-electron chi connectivity index (χ1n) is 6.19. The van der Waals surface area contributed by atoms with Crippen LogP contribution in [0.4, 0.5) is 5.82 Å². The van der Waals surface area contributed by atoms with E-state index in [1.165, 1.54) is 0 Å². The van der Waals surface area contributed by atoms with Gasteiger partial charge in [0, 0.05) is 6.20 Å². The molecule has 0 spiro atoms. The van der Waals surface area contributed by atoms with Gasteiger partial charge in [0.25, 0.3) is 0 Å². The van der Waals surface area contributed by atoms with Gasteiger partial charge in [-0.05, 0) is 54.8 Å². The summed E-state index contributed by atoms with van der Waals surface area (Å²) in [4.78, 5) is 4.04. The van der Waals surface area contributed by atoms with Crippen molar-refractivity contribution in [1.29, 1.82) is 5.26 Å². The molecule has 1 heterocycles. The van der Waals surface area contributed by atoms with Crippen LogP contribution in [0.2, 0.25) is 0 Å². The minimum absolute atomic E-state index is 0.421. The monoisotopic (exact) mass is 268 g/mol. The fraction of sp³-hybridized carbons (Fsp3) is 0.200. The van der Waals surface area contributed by atoms with E-state index in [9.17, 15) is 0 Å². The number of aryl methyl sites for hydroxylation is 2. The van der Waals surface area contributed by atoms with Crippen molar-refractivity contribution in [3.63, 3.8) is 0 Å². The average Bonchev–Trinajstić information content (AvgIpc) is 2.46. The average molecular weight is 268 g/mol. The summed E-state index contributed by atoms with van der Waals surface area (Å²) >= 11 is 0. The second-order valence-electron chi connectivity index (χ2n) is 4.53. The lowest BCUT2D eigenvalue weighted by Crippen LogP contribution is -2.09. The Morgan fingerprint density at radius 2 is 2.00 bits per heavy atom. The zero-order chi connectivity index (χ0) is 14.5. The number of nitrogens with one attached hydrogen (secondary N) is 1. The van der Waals surface area contributed by atoms with Gasteiger partial charge in [-0.15, -0.1) is 0 Å².